The predicted octanol–water partition coefficient (Wildman–Crippen LogP) is 20.7. The number of unbranched alkanes of at least 4 members (excludes halogenated alkanes) is 46. The lowest BCUT2D eigenvalue weighted by atomic mass is 10.0. The normalized spacial score (nSPS) is 14.0. The molecular formula is C71H138O17P2. The molecule has 0 saturated heterocycles. The number of carbonyl (C=O) groups excluding carboxylic acids is 4. The second-order valence-electron chi connectivity index (χ2n) is 25.6. The molecule has 0 fully saturated rings. The minimum Gasteiger partial charge on any atom is -0.462 e. The molecule has 2 unspecified atom stereocenters. The standard InChI is InChI=1S/C71H138O17P2/c1-5-9-13-17-20-23-25-27-29-31-32-33-34-36-38-40-43-46-50-54-58-71(76)88-67(62-82-69(74)56-52-48-44-42-39-37-35-30-28-26-24-21-18-14-10-6-2)64-86-90(79,80)84-60-65(72)59-83-89(77,78)85-63-66(61-81-68(73)55-51-47-16-12-8-4)87-70(75)57-53-49-45-41-22-19-15-11-7-3/h65-67,72H,5-64H2,1-4H3,(H,77,78)(H,79,80)/t65-,66+,67+/m0/s1. The van der Waals surface area contributed by atoms with Gasteiger partial charge >= 0.3 is 39.5 Å². The first-order chi connectivity index (χ1) is 43.7. The minimum absolute atomic E-state index is 0.105. The van der Waals surface area contributed by atoms with Gasteiger partial charge < -0.3 is 33.8 Å². The highest BCUT2D eigenvalue weighted by Gasteiger charge is 2.30. The number of hydrogen-bond acceptors (Lipinski definition) is 15. The molecule has 0 aliphatic heterocycles. The van der Waals surface area contributed by atoms with Crippen LogP contribution in [0.3, 0.4) is 0 Å². The molecule has 534 valence electrons. The van der Waals surface area contributed by atoms with Gasteiger partial charge in [0.2, 0.25) is 0 Å². The SMILES string of the molecule is CCCCCCCCCCCCCCCCCCCCCCC(=O)O[C@H](COC(=O)CCCCCCCCCCCCCCCCCC)COP(=O)(O)OC[C@@H](O)COP(=O)(O)OC[C@@H](COC(=O)CCCCCCC)OC(=O)CCCCCCCCCCC. The summed E-state index contributed by atoms with van der Waals surface area (Å²) in [5.41, 5.74) is 0. The molecule has 0 bridgehead atoms. The summed E-state index contributed by atoms with van der Waals surface area (Å²) in [4.78, 5) is 72.2. The topological polar surface area (TPSA) is 237 Å². The molecule has 0 spiro atoms. The summed E-state index contributed by atoms with van der Waals surface area (Å²) in [5, 5.41) is 10.5. The van der Waals surface area contributed by atoms with Crippen molar-refractivity contribution in [1.82, 2.24) is 0 Å². The number of esters is 4. The van der Waals surface area contributed by atoms with E-state index in [1.807, 2.05) is 0 Å². The van der Waals surface area contributed by atoms with Crippen LogP contribution in [0.5, 0.6) is 0 Å². The van der Waals surface area contributed by atoms with Crippen molar-refractivity contribution in [3.8, 4) is 0 Å². The lowest BCUT2D eigenvalue weighted by molar-refractivity contribution is -0.161. The first-order valence-electron chi connectivity index (χ1n) is 37.3. The maximum Gasteiger partial charge on any atom is 0.472 e. The molecule has 5 atom stereocenters. The summed E-state index contributed by atoms with van der Waals surface area (Å²) in [7, 11) is -9.89. The zero-order chi connectivity index (χ0) is 66.1. The maximum absolute atomic E-state index is 13.0. The Morgan fingerprint density at radius 1 is 0.267 bits per heavy atom. The number of ether oxygens (including phenoxy) is 4. The average Bonchev–Trinajstić information content (AvgIpc) is 3.01. The second-order valence-corrected chi connectivity index (χ2v) is 28.5. The Kier molecular flexibility index (Phi) is 64.3. The summed E-state index contributed by atoms with van der Waals surface area (Å²) < 4.78 is 68.0. The summed E-state index contributed by atoms with van der Waals surface area (Å²) in [6.07, 6.45) is 54.7. The molecule has 17 nitrogen and oxygen atoms in total. The molecule has 0 radical (unpaired) electrons. The highest BCUT2D eigenvalue weighted by molar-refractivity contribution is 7.47. The number of rotatable bonds is 72. The fourth-order valence-corrected chi connectivity index (χ4v) is 12.4. The van der Waals surface area contributed by atoms with Gasteiger partial charge in [0.1, 0.15) is 19.3 Å². The van der Waals surface area contributed by atoms with Crippen molar-refractivity contribution in [3.63, 3.8) is 0 Å². The van der Waals surface area contributed by atoms with Crippen LogP contribution in [0, 0.1) is 0 Å². The van der Waals surface area contributed by atoms with Gasteiger partial charge in [-0.2, -0.15) is 0 Å². The first kappa shape index (κ1) is 88.1. The van der Waals surface area contributed by atoms with E-state index in [4.69, 9.17) is 37.0 Å². The van der Waals surface area contributed by atoms with Gasteiger partial charge in [0, 0.05) is 25.7 Å². The van der Waals surface area contributed by atoms with E-state index in [1.54, 1.807) is 0 Å². The number of phosphoric ester groups is 2. The minimum atomic E-state index is -4.95. The van der Waals surface area contributed by atoms with Crippen LogP contribution >= 0.6 is 15.6 Å². The quantitative estimate of drug-likeness (QED) is 0.0222. The van der Waals surface area contributed by atoms with Gasteiger partial charge in [0.15, 0.2) is 12.2 Å². The van der Waals surface area contributed by atoms with E-state index in [-0.39, 0.29) is 25.7 Å². The van der Waals surface area contributed by atoms with Gasteiger partial charge in [-0.05, 0) is 25.7 Å². The van der Waals surface area contributed by atoms with Crippen LogP contribution in [0.25, 0.3) is 0 Å². The van der Waals surface area contributed by atoms with E-state index in [0.29, 0.717) is 25.7 Å². The Hall–Kier alpha value is -1.94. The van der Waals surface area contributed by atoms with Gasteiger partial charge in [-0.1, -0.05) is 323 Å². The molecular weight excluding hydrogens is 1190 g/mol. The van der Waals surface area contributed by atoms with Gasteiger partial charge in [0.25, 0.3) is 0 Å². The molecule has 0 amide bonds. The second kappa shape index (κ2) is 65.7. The van der Waals surface area contributed by atoms with Crippen LogP contribution in [0.1, 0.15) is 374 Å². The molecule has 0 aromatic rings. The Labute approximate surface area is 549 Å². The van der Waals surface area contributed by atoms with Crippen molar-refractivity contribution in [1.29, 1.82) is 0 Å². The zero-order valence-electron chi connectivity index (χ0n) is 58.1. The summed E-state index contributed by atoms with van der Waals surface area (Å²) in [5.74, 6) is -2.13. The summed E-state index contributed by atoms with van der Waals surface area (Å²) in [6.45, 7) is 4.84. The molecule has 3 N–H and O–H groups in total. The number of aliphatic hydroxyl groups is 1. The van der Waals surface area contributed by atoms with Crippen LogP contribution in [0.15, 0.2) is 0 Å². The Morgan fingerprint density at radius 3 is 0.656 bits per heavy atom. The van der Waals surface area contributed by atoms with E-state index < -0.39 is 97.5 Å². The van der Waals surface area contributed by atoms with Crippen molar-refractivity contribution in [2.45, 2.75) is 393 Å². The monoisotopic (exact) mass is 1320 g/mol. The molecule has 90 heavy (non-hydrogen) atoms. The third-order valence-corrected chi connectivity index (χ3v) is 18.5. The van der Waals surface area contributed by atoms with Crippen molar-refractivity contribution in [2.24, 2.45) is 0 Å². The summed E-state index contributed by atoms with van der Waals surface area (Å²) >= 11 is 0. The molecule has 0 aliphatic carbocycles. The van der Waals surface area contributed by atoms with Crippen molar-refractivity contribution >= 4 is 39.5 Å². The van der Waals surface area contributed by atoms with E-state index in [9.17, 15) is 43.2 Å². The van der Waals surface area contributed by atoms with Gasteiger partial charge in [-0.25, -0.2) is 9.13 Å². The molecule has 0 heterocycles. The number of carbonyl (C=O) groups is 4. The van der Waals surface area contributed by atoms with E-state index in [2.05, 4.69) is 27.7 Å². The number of phosphoric acid groups is 2. The number of hydrogen-bond donors (Lipinski definition) is 3. The van der Waals surface area contributed by atoms with E-state index >= 15 is 0 Å². The van der Waals surface area contributed by atoms with Crippen molar-refractivity contribution in [2.75, 3.05) is 39.6 Å². The summed E-state index contributed by atoms with van der Waals surface area (Å²) in [6, 6.07) is 0. The third kappa shape index (κ3) is 64.8. The zero-order valence-corrected chi connectivity index (χ0v) is 59.9. The van der Waals surface area contributed by atoms with Crippen LogP contribution in [-0.2, 0) is 65.4 Å². The highest BCUT2D eigenvalue weighted by atomic mass is 31.2. The number of aliphatic hydroxyl groups excluding tert-OH is 1. The fraction of sp³-hybridized carbons (Fsp3) is 0.944. The Bertz CT molecular complexity index is 1720. The van der Waals surface area contributed by atoms with E-state index in [1.165, 1.54) is 199 Å². The fourth-order valence-electron chi connectivity index (χ4n) is 10.9. The lowest BCUT2D eigenvalue weighted by Crippen LogP contribution is -2.30. The van der Waals surface area contributed by atoms with Crippen molar-refractivity contribution < 1.29 is 80.2 Å². The molecule has 0 aromatic carbocycles. The van der Waals surface area contributed by atoms with Crippen LogP contribution in [0.4, 0.5) is 0 Å². The Balaban J connectivity index is 5.11. The van der Waals surface area contributed by atoms with Crippen LogP contribution < -0.4 is 0 Å². The molecule has 0 aliphatic rings. The molecule has 19 heteroatoms. The smallest absolute Gasteiger partial charge is 0.462 e. The van der Waals surface area contributed by atoms with Crippen LogP contribution in [0.2, 0.25) is 0 Å². The van der Waals surface area contributed by atoms with Crippen molar-refractivity contribution in [3.05, 3.63) is 0 Å². The van der Waals surface area contributed by atoms with Gasteiger partial charge in [-0.15, -0.1) is 0 Å². The maximum atomic E-state index is 13.0. The highest BCUT2D eigenvalue weighted by Crippen LogP contribution is 2.45. The predicted molar refractivity (Wildman–Crippen MR) is 363 cm³/mol. The van der Waals surface area contributed by atoms with Crippen LogP contribution in [-0.4, -0.2) is 96.7 Å². The molecule has 0 rings (SSSR count). The Morgan fingerprint density at radius 2 is 0.444 bits per heavy atom. The lowest BCUT2D eigenvalue weighted by Gasteiger charge is -2.21. The first-order valence-corrected chi connectivity index (χ1v) is 40.3. The van der Waals surface area contributed by atoms with E-state index in [0.717, 1.165) is 96.3 Å². The third-order valence-electron chi connectivity index (χ3n) is 16.6. The largest absolute Gasteiger partial charge is 0.472 e. The molecule has 0 saturated carbocycles. The average molecular weight is 1330 g/mol. The van der Waals surface area contributed by atoms with Gasteiger partial charge in [-0.3, -0.25) is 37.3 Å². The molecule has 0 aromatic heterocycles. The van der Waals surface area contributed by atoms with Gasteiger partial charge in [0.05, 0.1) is 26.4 Å².